The predicted octanol–water partition coefficient (Wildman–Crippen LogP) is 1.48. The van der Waals surface area contributed by atoms with Gasteiger partial charge in [-0.15, -0.1) is 0 Å². The Labute approximate surface area is 140 Å². The van der Waals surface area contributed by atoms with Crippen molar-refractivity contribution in [3.05, 3.63) is 29.3 Å². The first-order chi connectivity index (χ1) is 11.6. The van der Waals surface area contributed by atoms with Crippen molar-refractivity contribution in [1.82, 2.24) is 10.4 Å². The summed E-state index contributed by atoms with van der Waals surface area (Å²) in [7, 11) is 0. The van der Waals surface area contributed by atoms with Gasteiger partial charge in [-0.05, 0) is 38.3 Å². The van der Waals surface area contributed by atoms with Gasteiger partial charge in [0.25, 0.3) is 11.8 Å². The van der Waals surface area contributed by atoms with Crippen LogP contribution in [0.4, 0.5) is 0 Å². The lowest BCUT2D eigenvalue weighted by Gasteiger charge is -2.31. The summed E-state index contributed by atoms with van der Waals surface area (Å²) in [5.41, 5.74) is 2.74. The molecule has 1 unspecified atom stereocenters. The molecule has 1 fully saturated rings. The van der Waals surface area contributed by atoms with Gasteiger partial charge >= 0.3 is 0 Å². The summed E-state index contributed by atoms with van der Waals surface area (Å²) in [4.78, 5) is 26.1. The van der Waals surface area contributed by atoms with Gasteiger partial charge in [0, 0.05) is 24.3 Å². The Bertz CT molecular complexity index is 627. The van der Waals surface area contributed by atoms with Crippen LogP contribution in [0.2, 0.25) is 0 Å². The molecule has 2 heterocycles. The zero-order valence-electron chi connectivity index (χ0n) is 13.7. The van der Waals surface area contributed by atoms with E-state index < -0.39 is 5.91 Å². The highest BCUT2D eigenvalue weighted by Crippen LogP contribution is 2.28. The topological polar surface area (TPSA) is 88.1 Å². The molecule has 0 saturated carbocycles. The van der Waals surface area contributed by atoms with Crippen molar-refractivity contribution >= 4 is 11.8 Å². The molecule has 7 heteroatoms. The Morgan fingerprint density at radius 2 is 2.17 bits per heavy atom. The normalized spacial score (nSPS) is 23.7. The number of hydrogen-bond donors (Lipinski definition) is 2. The number of benzene rings is 1. The highest BCUT2D eigenvalue weighted by atomic mass is 16.5. The molecule has 2 aliphatic rings. The van der Waals surface area contributed by atoms with Gasteiger partial charge in [0.05, 0.1) is 6.04 Å². The lowest BCUT2D eigenvalue weighted by molar-refractivity contribution is -0.149. The summed E-state index contributed by atoms with van der Waals surface area (Å²) in [6, 6.07) is 4.84. The van der Waals surface area contributed by atoms with Gasteiger partial charge in [0.15, 0.2) is 0 Å². The van der Waals surface area contributed by atoms with Gasteiger partial charge in [0.1, 0.15) is 18.5 Å². The van der Waals surface area contributed by atoms with Gasteiger partial charge in [-0.1, -0.05) is 6.07 Å². The maximum Gasteiger partial charge on any atom is 0.274 e. The third-order valence-electron chi connectivity index (χ3n) is 4.52. The molecule has 0 radical (unpaired) electrons. The molecule has 2 atom stereocenters. The monoisotopic (exact) mass is 334 g/mol. The van der Waals surface area contributed by atoms with E-state index in [4.69, 9.17) is 14.7 Å². The van der Waals surface area contributed by atoms with Crippen molar-refractivity contribution in [1.29, 1.82) is 0 Å². The fourth-order valence-electron chi connectivity index (χ4n) is 3.08. The number of amides is 2. The molecular weight excluding hydrogens is 312 g/mol. The van der Waals surface area contributed by atoms with Crippen molar-refractivity contribution in [3.63, 3.8) is 0 Å². The standard InChI is InChI=1S/C17H22N2O5/c1-11-10-24-15-8-12(16(20)18-22)5-6-13(15)9-19(11)17(21)14-4-2-3-7-23-14/h5-6,8,11,14,22H,2-4,7,9-10H2,1H3,(H,18,20)/t11-,14?/m0/s1. The second kappa shape index (κ2) is 7.19. The Hall–Kier alpha value is -2.12. The van der Waals surface area contributed by atoms with E-state index in [2.05, 4.69) is 0 Å². The lowest BCUT2D eigenvalue weighted by Crippen LogP contribution is -2.46. The Kier molecular flexibility index (Phi) is 5.01. The van der Waals surface area contributed by atoms with Gasteiger partial charge < -0.3 is 14.4 Å². The molecule has 130 valence electrons. The molecule has 3 rings (SSSR count). The summed E-state index contributed by atoms with van der Waals surface area (Å²) in [5, 5.41) is 8.74. The SMILES string of the molecule is C[C@H]1COc2cc(C(=O)NO)ccc2CN1C(=O)C1CCCCO1. The number of carbonyl (C=O) groups excluding carboxylic acids is 2. The number of fused-ring (bicyclic) bond motifs is 1. The molecule has 2 amide bonds. The molecule has 2 N–H and O–H groups in total. The number of nitrogens with one attached hydrogen (secondary N) is 1. The zero-order chi connectivity index (χ0) is 17.1. The largest absolute Gasteiger partial charge is 0.491 e. The highest BCUT2D eigenvalue weighted by molar-refractivity contribution is 5.93. The minimum absolute atomic E-state index is 0.00386. The first-order valence-electron chi connectivity index (χ1n) is 8.22. The van der Waals surface area contributed by atoms with Crippen LogP contribution in [0.5, 0.6) is 5.75 Å². The van der Waals surface area contributed by atoms with E-state index in [1.165, 1.54) is 0 Å². The van der Waals surface area contributed by atoms with Crippen molar-refractivity contribution in [2.24, 2.45) is 0 Å². The molecule has 1 aromatic carbocycles. The summed E-state index contributed by atoms with van der Waals surface area (Å²) >= 11 is 0. The molecule has 7 nitrogen and oxygen atoms in total. The first kappa shape index (κ1) is 16.7. The maximum atomic E-state index is 12.8. The van der Waals surface area contributed by atoms with Gasteiger partial charge in [-0.2, -0.15) is 0 Å². The summed E-state index contributed by atoms with van der Waals surface area (Å²) in [6.45, 7) is 3.32. The molecular formula is C17H22N2O5. The number of ether oxygens (including phenoxy) is 2. The minimum Gasteiger partial charge on any atom is -0.491 e. The molecule has 1 aromatic rings. The van der Waals surface area contributed by atoms with Gasteiger partial charge in [0.2, 0.25) is 0 Å². The summed E-state index contributed by atoms with van der Waals surface area (Å²) in [5.74, 6) is -0.0409. The number of hydroxylamine groups is 1. The fourth-order valence-corrected chi connectivity index (χ4v) is 3.08. The molecule has 0 bridgehead atoms. The fraction of sp³-hybridized carbons (Fsp3) is 0.529. The molecule has 0 spiro atoms. The average molecular weight is 334 g/mol. The Balaban J connectivity index is 1.81. The van der Waals surface area contributed by atoms with E-state index in [1.807, 2.05) is 6.92 Å². The number of carbonyl (C=O) groups is 2. The van der Waals surface area contributed by atoms with Crippen LogP contribution in [0.1, 0.15) is 42.1 Å². The minimum atomic E-state index is -0.595. The van der Waals surface area contributed by atoms with Crippen LogP contribution in [0.3, 0.4) is 0 Å². The number of rotatable bonds is 2. The van der Waals surface area contributed by atoms with Crippen molar-refractivity contribution in [3.8, 4) is 5.75 Å². The number of nitrogens with zero attached hydrogens (tertiary/aromatic N) is 1. The number of hydrogen-bond acceptors (Lipinski definition) is 5. The quantitative estimate of drug-likeness (QED) is 0.632. The molecule has 1 saturated heterocycles. The van der Waals surface area contributed by atoms with Crippen LogP contribution in [0.25, 0.3) is 0 Å². The Morgan fingerprint density at radius 1 is 1.33 bits per heavy atom. The highest BCUT2D eigenvalue weighted by Gasteiger charge is 2.32. The van der Waals surface area contributed by atoms with Crippen molar-refractivity contribution in [2.75, 3.05) is 13.2 Å². The molecule has 24 heavy (non-hydrogen) atoms. The van der Waals surface area contributed by atoms with Crippen molar-refractivity contribution in [2.45, 2.75) is 44.9 Å². The van der Waals surface area contributed by atoms with Gasteiger partial charge in [-0.3, -0.25) is 14.8 Å². The third kappa shape index (κ3) is 3.37. The van der Waals surface area contributed by atoms with E-state index in [-0.39, 0.29) is 18.1 Å². The molecule has 2 aliphatic heterocycles. The zero-order valence-corrected chi connectivity index (χ0v) is 13.7. The molecule has 0 aromatic heterocycles. The second-order valence-corrected chi connectivity index (χ2v) is 6.24. The van der Waals surface area contributed by atoms with E-state index in [1.54, 1.807) is 28.6 Å². The molecule has 0 aliphatic carbocycles. The van der Waals surface area contributed by atoms with Crippen LogP contribution < -0.4 is 10.2 Å². The van der Waals surface area contributed by atoms with E-state index >= 15 is 0 Å². The van der Waals surface area contributed by atoms with Crippen LogP contribution in [-0.4, -0.2) is 47.3 Å². The maximum absolute atomic E-state index is 12.8. The predicted molar refractivity (Wildman–Crippen MR) is 84.8 cm³/mol. The van der Waals surface area contributed by atoms with Crippen LogP contribution in [0, 0.1) is 0 Å². The third-order valence-corrected chi connectivity index (χ3v) is 4.52. The van der Waals surface area contributed by atoms with Crippen LogP contribution in [-0.2, 0) is 16.1 Å². The first-order valence-corrected chi connectivity index (χ1v) is 8.22. The Morgan fingerprint density at radius 3 is 2.88 bits per heavy atom. The van der Waals surface area contributed by atoms with E-state index in [0.717, 1.165) is 24.8 Å². The second-order valence-electron chi connectivity index (χ2n) is 6.24. The summed E-state index contributed by atoms with van der Waals surface area (Å²) in [6.07, 6.45) is 2.39. The van der Waals surface area contributed by atoms with Gasteiger partial charge in [-0.25, -0.2) is 5.48 Å². The van der Waals surface area contributed by atoms with E-state index in [9.17, 15) is 9.59 Å². The average Bonchev–Trinajstić information content (AvgIpc) is 2.80. The lowest BCUT2D eigenvalue weighted by atomic mass is 10.1. The van der Waals surface area contributed by atoms with Crippen LogP contribution in [0.15, 0.2) is 18.2 Å². The summed E-state index contributed by atoms with van der Waals surface area (Å²) < 4.78 is 11.4. The van der Waals surface area contributed by atoms with E-state index in [0.29, 0.717) is 31.1 Å². The van der Waals surface area contributed by atoms with Crippen LogP contribution >= 0.6 is 0 Å². The van der Waals surface area contributed by atoms with Crippen molar-refractivity contribution < 1.29 is 24.3 Å². The smallest absolute Gasteiger partial charge is 0.274 e.